The third-order valence-corrected chi connectivity index (χ3v) is 5.17. The Hall–Kier alpha value is -1.03. The highest BCUT2D eigenvalue weighted by Gasteiger charge is 2.49. The first-order chi connectivity index (χ1) is 10.6. The Morgan fingerprint density at radius 3 is 2.91 bits per heavy atom. The molecule has 3 heterocycles. The van der Waals surface area contributed by atoms with Gasteiger partial charge in [-0.1, -0.05) is 11.8 Å². The standard InChI is InChI=1S/C13H21N3O5S/c1-2-14-13(19)20-6-7-9(17)10(18)8-11(21-7)22-12(15-8)16-4-3-5-16/h7-11,17-18H,2-6H2,1H3,(H,14,19)/t7-,8-,9+,10-,11-/m1/s1. The van der Waals surface area contributed by atoms with E-state index in [1.165, 1.54) is 11.8 Å². The van der Waals surface area contributed by atoms with Gasteiger partial charge in [0.25, 0.3) is 0 Å². The highest BCUT2D eigenvalue weighted by Crippen LogP contribution is 2.38. The monoisotopic (exact) mass is 331 g/mol. The van der Waals surface area contributed by atoms with E-state index in [1.807, 2.05) is 0 Å². The second kappa shape index (κ2) is 6.61. The number of alkyl carbamates (subject to hydrolysis) is 1. The van der Waals surface area contributed by atoms with E-state index < -0.39 is 30.4 Å². The van der Waals surface area contributed by atoms with Crippen molar-refractivity contribution >= 4 is 23.0 Å². The molecule has 22 heavy (non-hydrogen) atoms. The van der Waals surface area contributed by atoms with E-state index in [-0.39, 0.29) is 12.0 Å². The second-order valence-electron chi connectivity index (χ2n) is 5.51. The Balaban J connectivity index is 1.58. The lowest BCUT2D eigenvalue weighted by Crippen LogP contribution is -2.56. The second-order valence-corrected chi connectivity index (χ2v) is 6.58. The molecule has 3 N–H and O–H groups in total. The predicted molar refractivity (Wildman–Crippen MR) is 80.7 cm³/mol. The molecule has 5 atom stereocenters. The van der Waals surface area contributed by atoms with Gasteiger partial charge >= 0.3 is 6.09 Å². The number of fused-ring (bicyclic) bond motifs is 1. The molecular formula is C13H21N3O5S. The zero-order chi connectivity index (χ0) is 15.7. The predicted octanol–water partition coefficient (Wildman–Crippen LogP) is -0.644. The summed E-state index contributed by atoms with van der Waals surface area (Å²) in [6, 6.07) is -0.476. The SMILES string of the molecule is CCNC(=O)OC[C@H]1O[C@@H]2SC(N3CCC3)=N[C@@H]2[C@@H](O)[C@H]1O. The zero-order valence-corrected chi connectivity index (χ0v) is 13.2. The maximum absolute atomic E-state index is 11.3. The Morgan fingerprint density at radius 2 is 2.27 bits per heavy atom. The Morgan fingerprint density at radius 1 is 1.50 bits per heavy atom. The van der Waals surface area contributed by atoms with E-state index in [0.29, 0.717) is 6.54 Å². The number of aliphatic hydroxyl groups excluding tert-OH is 2. The molecule has 0 aromatic rings. The van der Waals surface area contributed by atoms with Crippen molar-refractivity contribution in [3.63, 3.8) is 0 Å². The number of carbonyl (C=O) groups excluding carboxylic acids is 1. The van der Waals surface area contributed by atoms with Gasteiger partial charge in [-0.25, -0.2) is 4.79 Å². The summed E-state index contributed by atoms with van der Waals surface area (Å²) in [6.45, 7) is 4.07. The molecule has 0 radical (unpaired) electrons. The van der Waals surface area contributed by atoms with Crippen LogP contribution in [0.5, 0.6) is 0 Å². The van der Waals surface area contributed by atoms with Crippen LogP contribution >= 0.6 is 11.8 Å². The number of amides is 1. The van der Waals surface area contributed by atoms with Crippen LogP contribution in [0.3, 0.4) is 0 Å². The van der Waals surface area contributed by atoms with Crippen LogP contribution in [0.4, 0.5) is 4.79 Å². The highest BCUT2D eigenvalue weighted by molar-refractivity contribution is 8.14. The molecule has 0 aromatic carbocycles. The van der Waals surface area contributed by atoms with E-state index in [4.69, 9.17) is 9.47 Å². The molecule has 0 aliphatic carbocycles. The summed E-state index contributed by atoms with van der Waals surface area (Å²) in [5, 5.41) is 23.8. The number of amidine groups is 1. The molecule has 8 nitrogen and oxygen atoms in total. The van der Waals surface area contributed by atoms with Gasteiger partial charge in [0.1, 0.15) is 36.4 Å². The molecular weight excluding hydrogens is 310 g/mol. The number of thioether (sulfide) groups is 1. The highest BCUT2D eigenvalue weighted by atomic mass is 32.2. The molecule has 3 rings (SSSR count). The minimum Gasteiger partial charge on any atom is -0.447 e. The summed E-state index contributed by atoms with van der Waals surface area (Å²) in [6.07, 6.45) is -2.32. The van der Waals surface area contributed by atoms with Gasteiger partial charge in [0, 0.05) is 19.6 Å². The number of aliphatic hydroxyl groups is 2. The number of nitrogens with one attached hydrogen (secondary N) is 1. The first-order valence-electron chi connectivity index (χ1n) is 7.51. The van der Waals surface area contributed by atoms with Crippen LogP contribution < -0.4 is 5.32 Å². The maximum atomic E-state index is 11.3. The number of nitrogens with zero attached hydrogens (tertiary/aromatic N) is 2. The van der Waals surface area contributed by atoms with E-state index in [9.17, 15) is 15.0 Å². The van der Waals surface area contributed by atoms with Crippen LogP contribution in [-0.2, 0) is 9.47 Å². The molecule has 2 saturated heterocycles. The fraction of sp³-hybridized carbons (Fsp3) is 0.846. The molecule has 3 aliphatic heterocycles. The lowest BCUT2D eigenvalue weighted by molar-refractivity contribution is -0.164. The van der Waals surface area contributed by atoms with Crippen molar-refractivity contribution in [2.75, 3.05) is 26.2 Å². The summed E-state index contributed by atoms with van der Waals surface area (Å²) < 4.78 is 10.8. The van der Waals surface area contributed by atoms with Gasteiger partial charge in [-0.2, -0.15) is 0 Å². The first-order valence-corrected chi connectivity index (χ1v) is 8.39. The molecule has 1 amide bonds. The van der Waals surface area contributed by atoms with E-state index in [1.54, 1.807) is 6.92 Å². The number of ether oxygens (including phenoxy) is 2. The van der Waals surface area contributed by atoms with Crippen molar-refractivity contribution in [1.29, 1.82) is 0 Å². The molecule has 0 unspecified atom stereocenters. The van der Waals surface area contributed by atoms with Crippen LogP contribution in [0.1, 0.15) is 13.3 Å². The van der Waals surface area contributed by atoms with Gasteiger partial charge in [-0.05, 0) is 13.3 Å². The van der Waals surface area contributed by atoms with Crippen LogP contribution in [-0.4, -0.2) is 82.4 Å². The number of aliphatic imine (C=N–C) groups is 1. The van der Waals surface area contributed by atoms with Crippen LogP contribution in [0.25, 0.3) is 0 Å². The molecule has 0 spiro atoms. The normalized spacial score (nSPS) is 37.1. The molecule has 2 fully saturated rings. The molecule has 3 aliphatic rings. The summed E-state index contributed by atoms with van der Waals surface area (Å²) >= 11 is 1.46. The Bertz CT molecular complexity index is 459. The van der Waals surface area contributed by atoms with Crippen molar-refractivity contribution in [3.05, 3.63) is 0 Å². The molecule has 0 aromatic heterocycles. The number of rotatable bonds is 3. The van der Waals surface area contributed by atoms with Crippen LogP contribution in [0.2, 0.25) is 0 Å². The van der Waals surface area contributed by atoms with Gasteiger partial charge in [-0.3, -0.25) is 4.99 Å². The fourth-order valence-electron chi connectivity index (χ4n) is 2.57. The lowest BCUT2D eigenvalue weighted by atomic mass is 9.99. The number of likely N-dealkylation sites (tertiary alicyclic amines) is 1. The largest absolute Gasteiger partial charge is 0.447 e. The van der Waals surface area contributed by atoms with E-state index in [2.05, 4.69) is 15.2 Å². The Labute approximate surface area is 132 Å². The molecule has 124 valence electrons. The third-order valence-electron chi connectivity index (χ3n) is 3.98. The van der Waals surface area contributed by atoms with Crippen molar-refractivity contribution in [2.45, 2.75) is 43.1 Å². The third kappa shape index (κ3) is 3.03. The van der Waals surface area contributed by atoms with E-state index >= 15 is 0 Å². The fourth-order valence-corrected chi connectivity index (χ4v) is 3.85. The van der Waals surface area contributed by atoms with Gasteiger partial charge in [0.2, 0.25) is 0 Å². The quantitative estimate of drug-likeness (QED) is 0.632. The van der Waals surface area contributed by atoms with Gasteiger partial charge < -0.3 is 29.9 Å². The zero-order valence-electron chi connectivity index (χ0n) is 12.3. The van der Waals surface area contributed by atoms with Gasteiger partial charge in [-0.15, -0.1) is 0 Å². The Kier molecular flexibility index (Phi) is 4.76. The number of carbonyl (C=O) groups is 1. The van der Waals surface area contributed by atoms with Gasteiger partial charge in [0.15, 0.2) is 5.17 Å². The van der Waals surface area contributed by atoms with E-state index in [0.717, 1.165) is 24.7 Å². The minimum absolute atomic E-state index is 0.104. The summed E-state index contributed by atoms with van der Waals surface area (Å²) in [5.41, 5.74) is -0.350. The number of hydrogen-bond donors (Lipinski definition) is 3. The smallest absolute Gasteiger partial charge is 0.407 e. The topological polar surface area (TPSA) is 104 Å². The first kappa shape index (κ1) is 15.9. The van der Waals surface area contributed by atoms with Crippen molar-refractivity contribution in [1.82, 2.24) is 10.2 Å². The molecule has 0 saturated carbocycles. The molecule has 9 heteroatoms. The van der Waals surface area contributed by atoms with Gasteiger partial charge in [0.05, 0.1) is 0 Å². The maximum Gasteiger partial charge on any atom is 0.407 e. The lowest BCUT2D eigenvalue weighted by Gasteiger charge is -2.37. The number of hydrogen-bond acceptors (Lipinski definition) is 8. The van der Waals surface area contributed by atoms with Crippen molar-refractivity contribution < 1.29 is 24.5 Å². The van der Waals surface area contributed by atoms with Crippen LogP contribution in [0, 0.1) is 0 Å². The summed E-state index contributed by atoms with van der Waals surface area (Å²) in [4.78, 5) is 17.9. The van der Waals surface area contributed by atoms with Crippen molar-refractivity contribution in [3.8, 4) is 0 Å². The average molecular weight is 331 g/mol. The van der Waals surface area contributed by atoms with Crippen LogP contribution in [0.15, 0.2) is 4.99 Å². The molecule has 0 bridgehead atoms. The summed E-state index contributed by atoms with van der Waals surface area (Å²) in [5.74, 6) is 0. The van der Waals surface area contributed by atoms with Crippen molar-refractivity contribution in [2.24, 2.45) is 4.99 Å². The summed E-state index contributed by atoms with van der Waals surface area (Å²) in [7, 11) is 0. The minimum atomic E-state index is -1.13. The average Bonchev–Trinajstić information content (AvgIpc) is 2.83.